The molecule has 1 aromatic rings. The predicted molar refractivity (Wildman–Crippen MR) is 78.6 cm³/mol. The van der Waals surface area contributed by atoms with Crippen LogP contribution in [0.15, 0.2) is 30.3 Å². The summed E-state index contributed by atoms with van der Waals surface area (Å²) in [5, 5.41) is 8.65. The van der Waals surface area contributed by atoms with Gasteiger partial charge >= 0.3 is 5.97 Å². The van der Waals surface area contributed by atoms with Crippen LogP contribution in [0.2, 0.25) is 0 Å². The van der Waals surface area contributed by atoms with Gasteiger partial charge in [-0.05, 0) is 12.1 Å². The number of carboxylic acid groups (broad SMARTS) is 1. The number of hydrogen-bond donors (Lipinski definition) is 1. The molecule has 2 rings (SSSR count). The third-order valence-electron chi connectivity index (χ3n) is 3.39. The number of carbonyl (C=O) groups is 2. The molecule has 110 valence electrons. The van der Waals surface area contributed by atoms with Crippen LogP contribution < -0.4 is 0 Å². The smallest absolute Gasteiger partial charge is 0.304 e. The van der Waals surface area contributed by atoms with Gasteiger partial charge in [0.05, 0.1) is 6.42 Å². The number of carboxylic acids is 1. The van der Waals surface area contributed by atoms with Crippen LogP contribution in [-0.4, -0.2) is 59.5 Å². The summed E-state index contributed by atoms with van der Waals surface area (Å²) < 4.78 is 0. The molecular formula is C16H18N2O3. The minimum absolute atomic E-state index is 0.141. The Morgan fingerprint density at radius 1 is 1.10 bits per heavy atom. The summed E-state index contributed by atoms with van der Waals surface area (Å²) in [6.45, 7) is 3.13. The van der Waals surface area contributed by atoms with Gasteiger partial charge in [-0.15, -0.1) is 0 Å². The lowest BCUT2D eigenvalue weighted by Crippen LogP contribution is -2.48. The van der Waals surface area contributed by atoms with Crippen molar-refractivity contribution in [3.8, 4) is 11.8 Å². The van der Waals surface area contributed by atoms with Gasteiger partial charge < -0.3 is 10.0 Å². The number of piperazine rings is 1. The molecule has 0 aromatic heterocycles. The zero-order valence-electron chi connectivity index (χ0n) is 11.8. The lowest BCUT2D eigenvalue weighted by Gasteiger charge is -2.33. The maximum absolute atomic E-state index is 12.0. The average molecular weight is 286 g/mol. The van der Waals surface area contributed by atoms with Crippen molar-refractivity contribution < 1.29 is 14.7 Å². The first-order chi connectivity index (χ1) is 10.1. The fourth-order valence-electron chi connectivity index (χ4n) is 2.15. The normalized spacial score (nSPS) is 15.1. The van der Waals surface area contributed by atoms with E-state index in [1.165, 1.54) is 0 Å². The minimum Gasteiger partial charge on any atom is -0.481 e. The van der Waals surface area contributed by atoms with Crippen LogP contribution in [0.4, 0.5) is 0 Å². The van der Waals surface area contributed by atoms with E-state index >= 15 is 0 Å². The first-order valence-electron chi connectivity index (χ1n) is 6.95. The third-order valence-corrected chi connectivity index (χ3v) is 3.39. The molecule has 1 aliphatic rings. The molecule has 1 saturated heterocycles. The molecule has 0 aliphatic carbocycles. The van der Waals surface area contributed by atoms with Gasteiger partial charge in [-0.1, -0.05) is 24.1 Å². The van der Waals surface area contributed by atoms with E-state index in [9.17, 15) is 9.59 Å². The molecule has 0 bridgehead atoms. The van der Waals surface area contributed by atoms with E-state index in [-0.39, 0.29) is 12.3 Å². The number of nitrogens with zero attached hydrogens (tertiary/aromatic N) is 2. The first-order valence-corrected chi connectivity index (χ1v) is 6.95. The molecule has 0 radical (unpaired) electrons. The van der Waals surface area contributed by atoms with Crippen molar-refractivity contribution in [3.05, 3.63) is 35.9 Å². The highest BCUT2D eigenvalue weighted by Crippen LogP contribution is 2.03. The summed E-state index contributed by atoms with van der Waals surface area (Å²) in [5.41, 5.74) is 0.825. The maximum atomic E-state index is 12.0. The number of hydrogen-bond acceptors (Lipinski definition) is 3. The van der Waals surface area contributed by atoms with E-state index in [1.807, 2.05) is 30.3 Å². The Balaban J connectivity index is 1.81. The fraction of sp³-hybridized carbons (Fsp3) is 0.375. The summed E-state index contributed by atoms with van der Waals surface area (Å²) in [4.78, 5) is 26.3. The van der Waals surface area contributed by atoms with E-state index < -0.39 is 5.97 Å². The van der Waals surface area contributed by atoms with Gasteiger partial charge in [0.1, 0.15) is 0 Å². The van der Waals surface area contributed by atoms with Gasteiger partial charge in [0.2, 0.25) is 0 Å². The zero-order valence-corrected chi connectivity index (χ0v) is 11.8. The van der Waals surface area contributed by atoms with Crippen molar-refractivity contribution in [2.45, 2.75) is 6.42 Å². The monoisotopic (exact) mass is 286 g/mol. The van der Waals surface area contributed by atoms with Crippen molar-refractivity contribution >= 4 is 11.9 Å². The molecule has 1 aromatic carbocycles. The molecule has 1 amide bonds. The first kappa shape index (κ1) is 15.1. The van der Waals surface area contributed by atoms with E-state index in [0.29, 0.717) is 32.7 Å². The van der Waals surface area contributed by atoms with E-state index in [4.69, 9.17) is 5.11 Å². The highest BCUT2D eigenvalue weighted by molar-refractivity contribution is 5.94. The highest BCUT2D eigenvalue weighted by atomic mass is 16.4. The van der Waals surface area contributed by atoms with Crippen molar-refractivity contribution in [1.82, 2.24) is 9.80 Å². The number of benzene rings is 1. The summed E-state index contributed by atoms with van der Waals surface area (Å²) in [6.07, 6.45) is 0.141. The topological polar surface area (TPSA) is 60.9 Å². The van der Waals surface area contributed by atoms with Gasteiger partial charge in [-0.3, -0.25) is 14.5 Å². The van der Waals surface area contributed by atoms with Gasteiger partial charge in [-0.2, -0.15) is 0 Å². The molecule has 1 fully saturated rings. The van der Waals surface area contributed by atoms with Crippen molar-refractivity contribution in [1.29, 1.82) is 0 Å². The molecule has 1 aliphatic heterocycles. The Hall–Kier alpha value is -2.32. The summed E-state index contributed by atoms with van der Waals surface area (Å²) in [5.74, 6) is 4.56. The number of amides is 1. The van der Waals surface area contributed by atoms with Crippen LogP contribution in [0.1, 0.15) is 12.0 Å². The van der Waals surface area contributed by atoms with Gasteiger partial charge in [0, 0.05) is 44.2 Å². The largest absolute Gasteiger partial charge is 0.481 e. The van der Waals surface area contributed by atoms with Crippen molar-refractivity contribution in [2.75, 3.05) is 32.7 Å². The Morgan fingerprint density at radius 3 is 2.38 bits per heavy atom. The SMILES string of the molecule is O=C(O)CCN1CCN(C(=O)C#Cc2ccccc2)CC1. The zero-order chi connectivity index (χ0) is 15.1. The summed E-state index contributed by atoms with van der Waals surface area (Å²) in [6, 6.07) is 9.41. The van der Waals surface area contributed by atoms with E-state index in [2.05, 4.69) is 16.7 Å². The molecule has 21 heavy (non-hydrogen) atoms. The maximum Gasteiger partial charge on any atom is 0.304 e. The molecule has 1 N–H and O–H groups in total. The van der Waals surface area contributed by atoms with Crippen LogP contribution in [0, 0.1) is 11.8 Å². The van der Waals surface area contributed by atoms with Gasteiger partial charge in [0.25, 0.3) is 5.91 Å². The lowest BCUT2D eigenvalue weighted by atomic mass is 10.2. The molecule has 0 atom stereocenters. The molecule has 1 heterocycles. The number of aliphatic carboxylic acids is 1. The van der Waals surface area contributed by atoms with Crippen molar-refractivity contribution in [2.24, 2.45) is 0 Å². The third kappa shape index (κ3) is 4.93. The van der Waals surface area contributed by atoms with Crippen LogP contribution in [0.5, 0.6) is 0 Å². The fourth-order valence-corrected chi connectivity index (χ4v) is 2.15. The van der Waals surface area contributed by atoms with Crippen LogP contribution in [0.3, 0.4) is 0 Å². The number of rotatable bonds is 3. The molecule has 0 spiro atoms. The number of carbonyl (C=O) groups excluding carboxylic acids is 1. The lowest BCUT2D eigenvalue weighted by molar-refractivity contribution is -0.137. The highest BCUT2D eigenvalue weighted by Gasteiger charge is 2.20. The standard InChI is InChI=1S/C16H18N2O3/c19-15(7-6-14-4-2-1-3-5-14)18-12-10-17(11-13-18)9-8-16(20)21/h1-5H,8-13H2,(H,20,21). The van der Waals surface area contributed by atoms with Gasteiger partial charge in [0.15, 0.2) is 0 Å². The Labute approximate surface area is 124 Å². The van der Waals surface area contributed by atoms with Crippen molar-refractivity contribution in [3.63, 3.8) is 0 Å². The summed E-state index contributed by atoms with van der Waals surface area (Å²) >= 11 is 0. The molecule has 5 nitrogen and oxygen atoms in total. The summed E-state index contributed by atoms with van der Waals surface area (Å²) in [7, 11) is 0. The Bertz CT molecular complexity index is 552. The second-order valence-electron chi connectivity index (χ2n) is 4.89. The van der Waals surface area contributed by atoms with Crippen LogP contribution in [0.25, 0.3) is 0 Å². The predicted octanol–water partition coefficient (Wildman–Crippen LogP) is 0.657. The second kappa shape index (κ2) is 7.46. The Morgan fingerprint density at radius 2 is 1.76 bits per heavy atom. The Kier molecular flexibility index (Phi) is 5.35. The van der Waals surface area contributed by atoms with E-state index in [1.54, 1.807) is 4.90 Å². The van der Waals surface area contributed by atoms with Gasteiger partial charge in [-0.25, -0.2) is 0 Å². The average Bonchev–Trinajstić information content (AvgIpc) is 2.52. The molecule has 5 heteroatoms. The van der Waals surface area contributed by atoms with E-state index in [0.717, 1.165) is 5.56 Å². The quantitative estimate of drug-likeness (QED) is 0.829. The minimum atomic E-state index is -0.790. The molecular weight excluding hydrogens is 268 g/mol. The second-order valence-corrected chi connectivity index (χ2v) is 4.89. The molecule has 0 saturated carbocycles. The van der Waals surface area contributed by atoms with Crippen LogP contribution in [-0.2, 0) is 9.59 Å². The van der Waals surface area contributed by atoms with Crippen LogP contribution >= 0.6 is 0 Å². The molecule has 0 unspecified atom stereocenters.